The molecule has 0 saturated carbocycles. The van der Waals surface area contributed by atoms with Gasteiger partial charge in [-0.2, -0.15) is 0 Å². The van der Waals surface area contributed by atoms with Crippen LogP contribution in [0.4, 0.5) is 5.69 Å². The third-order valence-electron chi connectivity index (χ3n) is 5.32. The molecule has 2 heterocycles. The molecule has 2 saturated heterocycles. The summed E-state index contributed by atoms with van der Waals surface area (Å²) >= 11 is 3.51. The maximum atomic E-state index is 4.50. The number of halogens is 2. The number of nitrogens with one attached hydrogen (secondary N) is 1. The topological polar surface area (TPSA) is 30.9 Å². The van der Waals surface area contributed by atoms with Gasteiger partial charge in [-0.05, 0) is 55.4 Å². The summed E-state index contributed by atoms with van der Waals surface area (Å²) in [5.74, 6) is 2.63. The Bertz CT molecular complexity index is 555. The molecule has 6 heteroatoms. The van der Waals surface area contributed by atoms with Crippen molar-refractivity contribution in [2.45, 2.75) is 26.2 Å². The number of piperidine rings is 1. The van der Waals surface area contributed by atoms with Gasteiger partial charge in [-0.15, -0.1) is 24.0 Å². The van der Waals surface area contributed by atoms with Gasteiger partial charge < -0.3 is 15.1 Å². The minimum atomic E-state index is 0. The van der Waals surface area contributed by atoms with Gasteiger partial charge in [0, 0.05) is 49.9 Å². The van der Waals surface area contributed by atoms with E-state index in [0.717, 1.165) is 49.1 Å². The summed E-state index contributed by atoms with van der Waals surface area (Å²) in [7, 11) is 1.91. The number of guanidine groups is 1. The fourth-order valence-corrected chi connectivity index (χ4v) is 3.94. The van der Waals surface area contributed by atoms with Crippen molar-refractivity contribution < 1.29 is 0 Å². The molecule has 1 atom stereocenters. The Labute approximate surface area is 177 Å². The first-order chi connectivity index (χ1) is 11.7. The first kappa shape index (κ1) is 20.8. The predicted molar refractivity (Wildman–Crippen MR) is 121 cm³/mol. The van der Waals surface area contributed by atoms with Crippen LogP contribution in [0.1, 0.15) is 26.2 Å². The van der Waals surface area contributed by atoms with Crippen LogP contribution in [-0.4, -0.2) is 50.6 Å². The van der Waals surface area contributed by atoms with Crippen molar-refractivity contribution in [2.75, 3.05) is 44.7 Å². The first-order valence-electron chi connectivity index (χ1n) is 9.12. The number of nitrogens with zero attached hydrogens (tertiary/aromatic N) is 3. The smallest absolute Gasteiger partial charge is 0.193 e. The zero-order chi connectivity index (χ0) is 16.9. The molecule has 1 aromatic carbocycles. The Hall–Kier alpha value is -0.500. The highest BCUT2D eigenvalue weighted by Gasteiger charge is 2.24. The quantitative estimate of drug-likeness (QED) is 0.368. The molecule has 1 aromatic rings. The summed E-state index contributed by atoms with van der Waals surface area (Å²) in [4.78, 5) is 9.41. The van der Waals surface area contributed by atoms with Gasteiger partial charge in [-0.25, -0.2) is 0 Å². The number of rotatable bonds is 3. The fourth-order valence-electron chi connectivity index (χ4n) is 3.67. The van der Waals surface area contributed by atoms with Gasteiger partial charge in [0.15, 0.2) is 5.96 Å². The molecule has 2 aliphatic rings. The molecular formula is C19H30BrIN4. The lowest BCUT2D eigenvalue weighted by atomic mass is 9.99. The van der Waals surface area contributed by atoms with E-state index in [1.807, 2.05) is 7.05 Å². The third kappa shape index (κ3) is 5.74. The van der Waals surface area contributed by atoms with Crippen molar-refractivity contribution in [1.82, 2.24) is 10.2 Å². The normalized spacial score (nSPS) is 22.0. The Kier molecular flexibility index (Phi) is 8.32. The Balaban J connectivity index is 0.00000225. The molecule has 0 aromatic heterocycles. The van der Waals surface area contributed by atoms with Crippen molar-refractivity contribution in [2.24, 2.45) is 16.8 Å². The van der Waals surface area contributed by atoms with Gasteiger partial charge >= 0.3 is 0 Å². The molecule has 140 valence electrons. The number of anilines is 1. The Morgan fingerprint density at radius 3 is 2.48 bits per heavy atom. The van der Waals surface area contributed by atoms with Crippen LogP contribution < -0.4 is 10.2 Å². The van der Waals surface area contributed by atoms with E-state index in [9.17, 15) is 0 Å². The lowest BCUT2D eigenvalue weighted by Gasteiger charge is -2.33. The molecule has 1 unspecified atom stereocenters. The van der Waals surface area contributed by atoms with Crippen LogP contribution in [-0.2, 0) is 0 Å². The molecule has 0 aliphatic carbocycles. The standard InChI is InChI=1S/C19H29BrN4.HI/c1-15-7-10-23(11-8-15)19(21-2)22-13-16-9-12-24(14-16)18-5-3-17(20)4-6-18;/h3-6,15-16H,7-14H2,1-2H3,(H,21,22);1H. The second kappa shape index (κ2) is 10.00. The second-order valence-electron chi connectivity index (χ2n) is 7.17. The van der Waals surface area contributed by atoms with Crippen LogP contribution in [0.3, 0.4) is 0 Å². The van der Waals surface area contributed by atoms with E-state index in [1.54, 1.807) is 0 Å². The van der Waals surface area contributed by atoms with Crippen LogP contribution in [0, 0.1) is 11.8 Å². The van der Waals surface area contributed by atoms with E-state index in [2.05, 4.69) is 67.2 Å². The minimum Gasteiger partial charge on any atom is -0.371 e. The fraction of sp³-hybridized carbons (Fsp3) is 0.632. The number of hydrogen-bond acceptors (Lipinski definition) is 2. The van der Waals surface area contributed by atoms with Crippen LogP contribution >= 0.6 is 39.9 Å². The van der Waals surface area contributed by atoms with Gasteiger partial charge in [0.2, 0.25) is 0 Å². The predicted octanol–water partition coefficient (Wildman–Crippen LogP) is 4.20. The number of likely N-dealkylation sites (tertiary alicyclic amines) is 1. The highest BCUT2D eigenvalue weighted by molar-refractivity contribution is 14.0. The van der Waals surface area contributed by atoms with E-state index in [-0.39, 0.29) is 24.0 Å². The van der Waals surface area contributed by atoms with E-state index >= 15 is 0 Å². The monoisotopic (exact) mass is 520 g/mol. The van der Waals surface area contributed by atoms with Crippen molar-refractivity contribution in [3.8, 4) is 0 Å². The lowest BCUT2D eigenvalue weighted by Crippen LogP contribution is -2.46. The molecule has 0 radical (unpaired) electrons. The summed E-state index contributed by atoms with van der Waals surface area (Å²) < 4.78 is 1.14. The molecule has 0 spiro atoms. The van der Waals surface area contributed by atoms with Crippen LogP contribution in [0.2, 0.25) is 0 Å². The van der Waals surface area contributed by atoms with Gasteiger partial charge in [0.25, 0.3) is 0 Å². The van der Waals surface area contributed by atoms with Crippen LogP contribution in [0.15, 0.2) is 33.7 Å². The molecule has 25 heavy (non-hydrogen) atoms. The van der Waals surface area contributed by atoms with Crippen molar-refractivity contribution >= 4 is 51.6 Å². The average molecular weight is 521 g/mol. The molecular weight excluding hydrogens is 491 g/mol. The lowest BCUT2D eigenvalue weighted by molar-refractivity contribution is 0.272. The maximum Gasteiger partial charge on any atom is 0.193 e. The zero-order valence-corrected chi connectivity index (χ0v) is 19.2. The van der Waals surface area contributed by atoms with E-state index in [4.69, 9.17) is 0 Å². The first-order valence-corrected chi connectivity index (χ1v) is 9.91. The summed E-state index contributed by atoms with van der Waals surface area (Å²) in [6, 6.07) is 8.65. The average Bonchev–Trinajstić information content (AvgIpc) is 3.06. The molecule has 1 N–H and O–H groups in total. The second-order valence-corrected chi connectivity index (χ2v) is 8.09. The zero-order valence-electron chi connectivity index (χ0n) is 15.2. The van der Waals surface area contributed by atoms with Crippen LogP contribution in [0.25, 0.3) is 0 Å². The summed E-state index contributed by atoms with van der Waals surface area (Å²) in [5.41, 5.74) is 1.33. The minimum absolute atomic E-state index is 0. The number of aliphatic imine (C=N–C) groups is 1. The third-order valence-corrected chi connectivity index (χ3v) is 5.85. The van der Waals surface area contributed by atoms with Crippen molar-refractivity contribution in [3.63, 3.8) is 0 Å². The summed E-state index contributed by atoms with van der Waals surface area (Å²) in [6.45, 7) is 7.91. The SMILES string of the molecule is CN=C(NCC1CCN(c2ccc(Br)cc2)C1)N1CCC(C)CC1.I. The highest BCUT2D eigenvalue weighted by atomic mass is 127. The Morgan fingerprint density at radius 1 is 1.16 bits per heavy atom. The number of benzene rings is 1. The number of hydrogen-bond donors (Lipinski definition) is 1. The van der Waals surface area contributed by atoms with E-state index in [0.29, 0.717) is 5.92 Å². The maximum absolute atomic E-state index is 4.50. The van der Waals surface area contributed by atoms with Crippen LogP contribution in [0.5, 0.6) is 0 Å². The molecule has 3 rings (SSSR count). The van der Waals surface area contributed by atoms with Gasteiger partial charge in [-0.1, -0.05) is 22.9 Å². The van der Waals surface area contributed by atoms with Crippen molar-refractivity contribution in [1.29, 1.82) is 0 Å². The van der Waals surface area contributed by atoms with Crippen molar-refractivity contribution in [3.05, 3.63) is 28.7 Å². The molecule has 2 aliphatic heterocycles. The largest absolute Gasteiger partial charge is 0.371 e. The van der Waals surface area contributed by atoms with Gasteiger partial charge in [0.05, 0.1) is 0 Å². The molecule has 0 amide bonds. The summed E-state index contributed by atoms with van der Waals surface area (Å²) in [6.07, 6.45) is 3.81. The summed E-state index contributed by atoms with van der Waals surface area (Å²) in [5, 5.41) is 3.62. The molecule has 2 fully saturated rings. The molecule has 0 bridgehead atoms. The Morgan fingerprint density at radius 2 is 1.84 bits per heavy atom. The van der Waals surface area contributed by atoms with Gasteiger partial charge in [-0.3, -0.25) is 4.99 Å². The van der Waals surface area contributed by atoms with Gasteiger partial charge in [0.1, 0.15) is 0 Å². The van der Waals surface area contributed by atoms with E-state index < -0.39 is 0 Å². The van der Waals surface area contributed by atoms with E-state index in [1.165, 1.54) is 24.9 Å². The molecule has 4 nitrogen and oxygen atoms in total. The highest BCUT2D eigenvalue weighted by Crippen LogP contribution is 2.25.